The van der Waals surface area contributed by atoms with Crippen molar-refractivity contribution in [3.05, 3.63) is 63.9 Å². The Labute approximate surface area is 123 Å². The van der Waals surface area contributed by atoms with Gasteiger partial charge in [-0.25, -0.2) is 0 Å². The second-order valence-electron chi connectivity index (χ2n) is 4.08. The van der Waals surface area contributed by atoms with Crippen LogP contribution in [0.5, 0.6) is 0 Å². The molecule has 0 aliphatic carbocycles. The first-order valence-electron chi connectivity index (χ1n) is 5.78. The first-order chi connectivity index (χ1) is 9.24. The van der Waals surface area contributed by atoms with Crippen molar-refractivity contribution in [3.8, 4) is 0 Å². The summed E-state index contributed by atoms with van der Waals surface area (Å²) >= 11 is 4.92. The number of hydrogen-bond acceptors (Lipinski definition) is 2. The van der Waals surface area contributed by atoms with E-state index in [9.17, 15) is 4.79 Å². The van der Waals surface area contributed by atoms with Crippen molar-refractivity contribution in [2.75, 3.05) is 5.32 Å². The summed E-state index contributed by atoms with van der Waals surface area (Å²) < 4.78 is 2.00. The molecule has 1 aromatic heterocycles. The molecule has 0 unspecified atom stereocenters. The van der Waals surface area contributed by atoms with Gasteiger partial charge in [0.05, 0.1) is 10.6 Å². The Morgan fingerprint density at radius 3 is 2.58 bits per heavy atom. The Balaban J connectivity index is 1.90. The van der Waals surface area contributed by atoms with Crippen molar-refractivity contribution >= 4 is 48.9 Å². The molecule has 3 aromatic rings. The molecule has 0 fully saturated rings. The summed E-state index contributed by atoms with van der Waals surface area (Å²) in [6, 6.07) is 17.5. The van der Waals surface area contributed by atoms with E-state index in [1.165, 1.54) is 11.3 Å². The molecule has 1 N–H and O–H groups in total. The summed E-state index contributed by atoms with van der Waals surface area (Å²) in [7, 11) is 0. The Morgan fingerprint density at radius 2 is 1.79 bits per heavy atom. The van der Waals surface area contributed by atoms with E-state index >= 15 is 0 Å². The van der Waals surface area contributed by atoms with E-state index in [4.69, 9.17) is 0 Å². The minimum Gasteiger partial charge on any atom is -0.320 e. The van der Waals surface area contributed by atoms with Gasteiger partial charge in [0.25, 0.3) is 5.91 Å². The average molecular weight is 332 g/mol. The van der Waals surface area contributed by atoms with Gasteiger partial charge in [0.15, 0.2) is 0 Å². The Kier molecular flexibility index (Phi) is 3.36. The molecule has 0 saturated carbocycles. The van der Waals surface area contributed by atoms with Crippen LogP contribution in [0.3, 0.4) is 0 Å². The third-order valence-corrected chi connectivity index (χ3v) is 4.58. The molecule has 2 aromatic carbocycles. The molecule has 19 heavy (non-hydrogen) atoms. The van der Waals surface area contributed by atoms with Crippen LogP contribution < -0.4 is 5.32 Å². The van der Waals surface area contributed by atoms with Gasteiger partial charge in [-0.05, 0) is 45.6 Å². The number of carbonyl (C=O) groups excluding carboxylic acids is 1. The van der Waals surface area contributed by atoms with Crippen molar-refractivity contribution < 1.29 is 4.79 Å². The molecule has 0 spiro atoms. The number of thiophene rings is 1. The summed E-state index contributed by atoms with van der Waals surface area (Å²) in [6.45, 7) is 0. The van der Waals surface area contributed by atoms with E-state index in [2.05, 4.69) is 21.2 Å². The highest BCUT2D eigenvalue weighted by molar-refractivity contribution is 9.10. The molecule has 0 bridgehead atoms. The lowest BCUT2D eigenvalue weighted by Crippen LogP contribution is -2.10. The smallest absolute Gasteiger partial charge is 0.265 e. The third kappa shape index (κ3) is 2.55. The van der Waals surface area contributed by atoms with E-state index in [1.807, 2.05) is 54.6 Å². The lowest BCUT2D eigenvalue weighted by Gasteiger charge is -2.05. The number of carbonyl (C=O) groups is 1. The first kappa shape index (κ1) is 12.4. The van der Waals surface area contributed by atoms with Crippen LogP contribution in [-0.4, -0.2) is 5.91 Å². The fourth-order valence-corrected chi connectivity index (χ4v) is 3.18. The molecule has 4 heteroatoms. The molecular weight excluding hydrogens is 322 g/mol. The van der Waals surface area contributed by atoms with Gasteiger partial charge >= 0.3 is 0 Å². The van der Waals surface area contributed by atoms with Crippen LogP contribution in [0.4, 0.5) is 5.69 Å². The number of para-hydroxylation sites is 1. The maximum absolute atomic E-state index is 12.2. The summed E-state index contributed by atoms with van der Waals surface area (Å²) in [5.74, 6) is -0.0758. The molecule has 0 radical (unpaired) electrons. The van der Waals surface area contributed by atoms with Crippen molar-refractivity contribution in [2.45, 2.75) is 0 Å². The van der Waals surface area contributed by atoms with Gasteiger partial charge in [0.2, 0.25) is 0 Å². The zero-order chi connectivity index (χ0) is 13.2. The Morgan fingerprint density at radius 1 is 1.05 bits per heavy atom. The van der Waals surface area contributed by atoms with Crippen molar-refractivity contribution in [1.29, 1.82) is 0 Å². The number of anilines is 1. The second kappa shape index (κ2) is 5.15. The lowest BCUT2D eigenvalue weighted by atomic mass is 10.2. The zero-order valence-corrected chi connectivity index (χ0v) is 12.3. The topological polar surface area (TPSA) is 29.1 Å². The molecule has 3 rings (SSSR count). The number of hydrogen-bond donors (Lipinski definition) is 1. The molecule has 1 amide bonds. The number of halogens is 1. The monoisotopic (exact) mass is 331 g/mol. The maximum atomic E-state index is 12.2. The highest BCUT2D eigenvalue weighted by Gasteiger charge is 2.11. The summed E-state index contributed by atoms with van der Waals surface area (Å²) in [5, 5.41) is 4.01. The van der Waals surface area contributed by atoms with Crippen LogP contribution in [0.15, 0.2) is 59.1 Å². The van der Waals surface area contributed by atoms with Crippen LogP contribution in [0.25, 0.3) is 10.1 Å². The molecule has 0 atom stereocenters. The van der Waals surface area contributed by atoms with Gasteiger partial charge in [-0.3, -0.25) is 4.79 Å². The molecular formula is C15H10BrNOS. The molecule has 94 valence electrons. The quantitative estimate of drug-likeness (QED) is 0.709. The molecule has 0 aliphatic rings. The van der Waals surface area contributed by atoms with Crippen LogP contribution in [0.1, 0.15) is 9.67 Å². The number of amides is 1. The van der Waals surface area contributed by atoms with Crippen molar-refractivity contribution in [3.63, 3.8) is 0 Å². The van der Waals surface area contributed by atoms with Gasteiger partial charge in [-0.15, -0.1) is 11.3 Å². The summed E-state index contributed by atoms with van der Waals surface area (Å²) in [4.78, 5) is 12.9. The summed E-state index contributed by atoms with van der Waals surface area (Å²) in [5.41, 5.74) is 0.782. The predicted octanol–water partition coefficient (Wildman–Crippen LogP) is 4.92. The second-order valence-corrected chi connectivity index (χ2v) is 6.02. The third-order valence-electron chi connectivity index (χ3n) is 2.77. The number of rotatable bonds is 2. The molecule has 0 saturated heterocycles. The van der Waals surface area contributed by atoms with Gasteiger partial charge in [-0.1, -0.05) is 30.3 Å². The van der Waals surface area contributed by atoms with E-state index in [-0.39, 0.29) is 5.91 Å². The number of fused-ring (bicyclic) bond motifs is 1. The van der Waals surface area contributed by atoms with E-state index in [0.717, 1.165) is 25.1 Å². The van der Waals surface area contributed by atoms with E-state index < -0.39 is 0 Å². The Bertz CT molecular complexity index is 717. The number of benzene rings is 2. The highest BCUT2D eigenvalue weighted by atomic mass is 79.9. The van der Waals surface area contributed by atoms with Crippen LogP contribution >= 0.6 is 27.3 Å². The predicted molar refractivity (Wildman–Crippen MR) is 83.9 cm³/mol. The largest absolute Gasteiger partial charge is 0.320 e. The molecule has 2 nitrogen and oxygen atoms in total. The van der Waals surface area contributed by atoms with Crippen LogP contribution in [0.2, 0.25) is 0 Å². The molecule has 1 heterocycles. The fourth-order valence-electron chi connectivity index (χ4n) is 1.84. The molecule has 0 aliphatic heterocycles. The number of nitrogens with one attached hydrogen (secondary N) is 1. The van der Waals surface area contributed by atoms with Crippen molar-refractivity contribution in [2.24, 2.45) is 0 Å². The maximum Gasteiger partial charge on any atom is 0.265 e. The highest BCUT2D eigenvalue weighted by Crippen LogP contribution is 2.27. The van der Waals surface area contributed by atoms with Crippen LogP contribution in [0, 0.1) is 0 Å². The minimum absolute atomic E-state index is 0.0758. The average Bonchev–Trinajstić information content (AvgIpc) is 2.85. The Hall–Kier alpha value is -1.65. The van der Waals surface area contributed by atoms with Gasteiger partial charge in [0.1, 0.15) is 0 Å². The normalized spacial score (nSPS) is 10.6. The lowest BCUT2D eigenvalue weighted by molar-refractivity contribution is 0.103. The SMILES string of the molecule is O=C(Nc1ccccc1Br)c1cc2ccccc2s1. The van der Waals surface area contributed by atoms with Crippen LogP contribution in [-0.2, 0) is 0 Å². The van der Waals surface area contributed by atoms with E-state index in [1.54, 1.807) is 0 Å². The van der Waals surface area contributed by atoms with E-state index in [0.29, 0.717) is 0 Å². The fraction of sp³-hybridized carbons (Fsp3) is 0. The minimum atomic E-state index is -0.0758. The van der Waals surface area contributed by atoms with Gasteiger partial charge in [0, 0.05) is 9.17 Å². The summed E-state index contributed by atoms with van der Waals surface area (Å²) in [6.07, 6.45) is 0. The van der Waals surface area contributed by atoms with Crippen molar-refractivity contribution in [1.82, 2.24) is 0 Å². The van der Waals surface area contributed by atoms with Gasteiger partial charge in [-0.2, -0.15) is 0 Å². The van der Waals surface area contributed by atoms with Gasteiger partial charge < -0.3 is 5.32 Å². The first-order valence-corrected chi connectivity index (χ1v) is 7.39. The standard InChI is InChI=1S/C15H10BrNOS/c16-11-6-2-3-7-12(11)17-15(18)14-9-10-5-1-4-8-13(10)19-14/h1-9H,(H,17,18). The zero-order valence-electron chi connectivity index (χ0n) is 9.89.